The Labute approximate surface area is 131 Å². The Kier molecular flexibility index (Phi) is 5.09. The molecule has 8 heteroatoms. The molecule has 0 spiro atoms. The van der Waals surface area contributed by atoms with Crippen LogP contribution < -0.4 is 10.6 Å². The molecule has 0 bridgehead atoms. The summed E-state index contributed by atoms with van der Waals surface area (Å²) in [5.74, 6) is -0.105. The van der Waals surface area contributed by atoms with Gasteiger partial charge in [0.25, 0.3) is 11.6 Å². The summed E-state index contributed by atoms with van der Waals surface area (Å²) >= 11 is 0. The Hall–Kier alpha value is -3.60. The van der Waals surface area contributed by atoms with Crippen molar-refractivity contribution in [3.05, 3.63) is 70.3 Å². The normalized spacial score (nSPS) is 10.7. The first-order valence-electron chi connectivity index (χ1n) is 6.52. The van der Waals surface area contributed by atoms with Gasteiger partial charge in [-0.25, -0.2) is 0 Å². The van der Waals surface area contributed by atoms with Crippen LogP contribution in [0.4, 0.5) is 11.4 Å². The Balaban J connectivity index is 2.06. The number of nitrogens with zero attached hydrogens (tertiary/aromatic N) is 2. The van der Waals surface area contributed by atoms with Gasteiger partial charge in [0.05, 0.1) is 17.7 Å². The molecule has 0 aliphatic carbocycles. The van der Waals surface area contributed by atoms with Crippen molar-refractivity contribution < 1.29 is 14.1 Å². The van der Waals surface area contributed by atoms with E-state index in [0.29, 0.717) is 12.3 Å². The van der Waals surface area contributed by atoms with Crippen LogP contribution in [0.25, 0.3) is 0 Å². The number of nitriles is 1. The molecule has 2 aromatic rings. The van der Waals surface area contributed by atoms with Crippen LogP contribution in [0.2, 0.25) is 0 Å². The summed E-state index contributed by atoms with van der Waals surface area (Å²) in [6, 6.07) is 10.9. The molecule has 0 unspecified atom stereocenters. The lowest BCUT2D eigenvalue weighted by Gasteiger charge is -2.05. The van der Waals surface area contributed by atoms with Crippen LogP contribution in [0.1, 0.15) is 5.76 Å². The van der Waals surface area contributed by atoms with Gasteiger partial charge in [-0.1, -0.05) is 12.1 Å². The predicted molar refractivity (Wildman–Crippen MR) is 81.0 cm³/mol. The van der Waals surface area contributed by atoms with Crippen molar-refractivity contribution in [3.8, 4) is 6.07 Å². The molecule has 1 amide bonds. The summed E-state index contributed by atoms with van der Waals surface area (Å²) in [4.78, 5) is 22.3. The molecule has 0 aliphatic rings. The number of benzene rings is 1. The van der Waals surface area contributed by atoms with E-state index in [0.717, 1.165) is 0 Å². The highest BCUT2D eigenvalue weighted by Gasteiger charge is 2.17. The maximum atomic E-state index is 12.0. The summed E-state index contributed by atoms with van der Waals surface area (Å²) in [7, 11) is 0. The zero-order valence-corrected chi connectivity index (χ0v) is 11.9. The highest BCUT2D eigenvalue weighted by molar-refractivity contribution is 6.07. The van der Waals surface area contributed by atoms with Crippen LogP contribution in [0.5, 0.6) is 0 Å². The Bertz CT molecular complexity index is 775. The average Bonchev–Trinajstić information content (AvgIpc) is 3.05. The van der Waals surface area contributed by atoms with Crippen molar-refractivity contribution in [2.24, 2.45) is 0 Å². The third-order valence-electron chi connectivity index (χ3n) is 2.82. The molecule has 0 atom stereocenters. The second kappa shape index (κ2) is 7.42. The third-order valence-corrected chi connectivity index (χ3v) is 2.82. The van der Waals surface area contributed by atoms with E-state index >= 15 is 0 Å². The van der Waals surface area contributed by atoms with E-state index in [4.69, 9.17) is 9.68 Å². The van der Waals surface area contributed by atoms with E-state index in [1.54, 1.807) is 24.3 Å². The Morgan fingerprint density at radius 2 is 2.13 bits per heavy atom. The zero-order chi connectivity index (χ0) is 16.7. The molecule has 0 aliphatic heterocycles. The fourth-order valence-corrected chi connectivity index (χ4v) is 1.74. The minimum Gasteiger partial charge on any atom is -0.467 e. The first kappa shape index (κ1) is 15.8. The van der Waals surface area contributed by atoms with Gasteiger partial charge in [0.2, 0.25) is 0 Å². The van der Waals surface area contributed by atoms with Gasteiger partial charge < -0.3 is 15.1 Å². The van der Waals surface area contributed by atoms with Crippen LogP contribution in [-0.2, 0) is 11.3 Å². The van der Waals surface area contributed by atoms with Crippen LogP contribution >= 0.6 is 0 Å². The van der Waals surface area contributed by atoms with Gasteiger partial charge in [-0.2, -0.15) is 5.26 Å². The molecule has 0 radical (unpaired) electrons. The van der Waals surface area contributed by atoms with Gasteiger partial charge >= 0.3 is 0 Å². The van der Waals surface area contributed by atoms with E-state index in [1.165, 1.54) is 30.7 Å². The minimum absolute atomic E-state index is 0.0229. The number of anilines is 1. The first-order valence-corrected chi connectivity index (χ1v) is 6.52. The van der Waals surface area contributed by atoms with Crippen molar-refractivity contribution in [1.29, 1.82) is 5.26 Å². The maximum Gasteiger partial charge on any atom is 0.292 e. The Morgan fingerprint density at radius 3 is 2.78 bits per heavy atom. The molecule has 1 heterocycles. The number of furan rings is 1. The fraction of sp³-hybridized carbons (Fsp3) is 0.0667. The molecular weight excluding hydrogens is 300 g/mol. The van der Waals surface area contributed by atoms with E-state index in [2.05, 4.69) is 10.6 Å². The molecule has 116 valence electrons. The first-order chi connectivity index (χ1) is 11.1. The summed E-state index contributed by atoms with van der Waals surface area (Å²) < 4.78 is 5.10. The quantitative estimate of drug-likeness (QED) is 0.365. The topological polar surface area (TPSA) is 121 Å². The van der Waals surface area contributed by atoms with Gasteiger partial charge in [-0.3, -0.25) is 14.9 Å². The summed E-state index contributed by atoms with van der Waals surface area (Å²) in [6.45, 7) is 0.303. The summed E-state index contributed by atoms with van der Waals surface area (Å²) in [5.41, 5.74) is -0.439. The molecular formula is C15H12N4O4. The van der Waals surface area contributed by atoms with Gasteiger partial charge in [0.1, 0.15) is 23.1 Å². The number of nitrogens with one attached hydrogen (secondary N) is 2. The number of carbonyl (C=O) groups is 1. The smallest absolute Gasteiger partial charge is 0.292 e. The number of carbonyl (C=O) groups excluding carboxylic acids is 1. The predicted octanol–water partition coefficient (Wildman–Crippen LogP) is 2.32. The molecule has 1 aromatic carbocycles. The second-order valence-corrected chi connectivity index (χ2v) is 4.36. The van der Waals surface area contributed by atoms with Crippen LogP contribution in [0.3, 0.4) is 0 Å². The number of amides is 1. The van der Waals surface area contributed by atoms with Gasteiger partial charge in [-0.15, -0.1) is 0 Å². The fourth-order valence-electron chi connectivity index (χ4n) is 1.74. The number of para-hydroxylation sites is 2. The van der Waals surface area contributed by atoms with Crippen LogP contribution in [-0.4, -0.2) is 10.8 Å². The average molecular weight is 312 g/mol. The van der Waals surface area contributed by atoms with Crippen molar-refractivity contribution in [3.63, 3.8) is 0 Å². The van der Waals surface area contributed by atoms with Crippen molar-refractivity contribution in [2.75, 3.05) is 5.32 Å². The Morgan fingerprint density at radius 1 is 1.35 bits per heavy atom. The van der Waals surface area contributed by atoms with Gasteiger partial charge in [0.15, 0.2) is 0 Å². The standard InChI is InChI=1S/C15H12N4O4/c16-8-11(9-17-10-12-4-3-7-23-12)15(20)18-13-5-1-2-6-14(13)19(21)22/h1-7,9,17H,10H2,(H,18,20)/b11-9-. The highest BCUT2D eigenvalue weighted by atomic mass is 16.6. The number of hydrogen-bond donors (Lipinski definition) is 2. The third kappa shape index (κ3) is 4.18. The van der Waals surface area contributed by atoms with Gasteiger partial charge in [-0.05, 0) is 18.2 Å². The minimum atomic E-state index is -0.742. The lowest BCUT2D eigenvalue weighted by Crippen LogP contribution is -2.17. The molecule has 0 saturated heterocycles. The molecule has 8 nitrogen and oxygen atoms in total. The van der Waals surface area contributed by atoms with Gasteiger partial charge in [0, 0.05) is 12.3 Å². The largest absolute Gasteiger partial charge is 0.467 e. The molecule has 1 aromatic heterocycles. The molecule has 0 fully saturated rings. The van der Waals surface area contributed by atoms with E-state index in [9.17, 15) is 14.9 Å². The SMILES string of the molecule is N#C/C(=C/NCc1ccco1)C(=O)Nc1ccccc1[N+](=O)[O-]. The van der Waals surface area contributed by atoms with Crippen molar-refractivity contribution in [2.45, 2.75) is 6.54 Å². The monoisotopic (exact) mass is 312 g/mol. The van der Waals surface area contributed by atoms with E-state index in [-0.39, 0.29) is 16.9 Å². The lowest BCUT2D eigenvalue weighted by molar-refractivity contribution is -0.383. The summed E-state index contributed by atoms with van der Waals surface area (Å²) in [5, 5.41) is 25.1. The van der Waals surface area contributed by atoms with Crippen LogP contribution in [0, 0.1) is 21.4 Å². The van der Waals surface area contributed by atoms with E-state index in [1.807, 2.05) is 0 Å². The lowest BCUT2D eigenvalue weighted by atomic mass is 10.2. The second-order valence-electron chi connectivity index (χ2n) is 4.36. The van der Waals surface area contributed by atoms with Crippen molar-refractivity contribution >= 4 is 17.3 Å². The number of nitro groups is 1. The number of rotatable bonds is 6. The van der Waals surface area contributed by atoms with E-state index < -0.39 is 10.8 Å². The maximum absolute atomic E-state index is 12.0. The molecule has 2 N–H and O–H groups in total. The molecule has 2 rings (SSSR count). The number of nitro benzene ring substituents is 1. The van der Waals surface area contributed by atoms with Crippen LogP contribution in [0.15, 0.2) is 58.9 Å². The molecule has 23 heavy (non-hydrogen) atoms. The summed E-state index contributed by atoms with van der Waals surface area (Å²) in [6.07, 6.45) is 2.74. The highest BCUT2D eigenvalue weighted by Crippen LogP contribution is 2.23. The van der Waals surface area contributed by atoms with Crippen molar-refractivity contribution in [1.82, 2.24) is 5.32 Å². The number of hydrogen-bond acceptors (Lipinski definition) is 6. The zero-order valence-electron chi connectivity index (χ0n) is 11.9. The molecule has 0 saturated carbocycles.